The Hall–Kier alpha value is -1.67. The summed E-state index contributed by atoms with van der Waals surface area (Å²) < 4.78 is 1.11. The van der Waals surface area contributed by atoms with Crippen LogP contribution in [0.3, 0.4) is 0 Å². The van der Waals surface area contributed by atoms with E-state index in [0.717, 1.165) is 29.1 Å². The highest BCUT2D eigenvalue weighted by atomic mass is 32.1. The number of rotatable bonds is 5. The van der Waals surface area contributed by atoms with Crippen LogP contribution in [-0.4, -0.2) is 23.1 Å². The van der Waals surface area contributed by atoms with E-state index in [0.29, 0.717) is 12.3 Å². The molecule has 0 saturated carbocycles. The van der Waals surface area contributed by atoms with E-state index in [1.165, 1.54) is 0 Å². The SMILES string of the molecule is CC(C)CN(CCC#N)c1ncnc2ccsc12. The van der Waals surface area contributed by atoms with Gasteiger partial charge in [0.05, 0.1) is 22.7 Å². The summed E-state index contributed by atoms with van der Waals surface area (Å²) in [6.07, 6.45) is 2.12. The van der Waals surface area contributed by atoms with Crippen LogP contribution in [-0.2, 0) is 0 Å². The summed E-state index contributed by atoms with van der Waals surface area (Å²) in [5.41, 5.74) is 0.982. The van der Waals surface area contributed by atoms with Crippen LogP contribution in [0, 0.1) is 17.2 Å². The van der Waals surface area contributed by atoms with Crippen LogP contribution in [0.2, 0.25) is 0 Å². The fraction of sp³-hybridized carbons (Fsp3) is 0.462. The van der Waals surface area contributed by atoms with Crippen molar-refractivity contribution in [1.29, 1.82) is 5.26 Å². The molecule has 94 valence electrons. The Morgan fingerprint density at radius 2 is 2.28 bits per heavy atom. The molecule has 0 aliphatic heterocycles. The van der Waals surface area contributed by atoms with Crippen LogP contribution >= 0.6 is 11.3 Å². The second kappa shape index (κ2) is 5.78. The van der Waals surface area contributed by atoms with E-state index >= 15 is 0 Å². The molecule has 0 aliphatic carbocycles. The smallest absolute Gasteiger partial charge is 0.150 e. The Balaban J connectivity index is 2.34. The Kier molecular flexibility index (Phi) is 4.11. The molecule has 0 unspecified atom stereocenters. The lowest BCUT2D eigenvalue weighted by Crippen LogP contribution is -2.29. The number of anilines is 1. The van der Waals surface area contributed by atoms with Crippen molar-refractivity contribution < 1.29 is 0 Å². The minimum atomic E-state index is 0.517. The number of nitrogens with zero attached hydrogens (tertiary/aromatic N) is 4. The first-order valence-electron chi connectivity index (χ1n) is 6.02. The molecule has 0 bridgehead atoms. The number of hydrogen-bond acceptors (Lipinski definition) is 5. The van der Waals surface area contributed by atoms with Gasteiger partial charge in [-0.3, -0.25) is 0 Å². The molecule has 4 nitrogen and oxygen atoms in total. The molecule has 0 saturated heterocycles. The molecule has 0 atom stereocenters. The van der Waals surface area contributed by atoms with E-state index in [2.05, 4.69) is 34.8 Å². The van der Waals surface area contributed by atoms with E-state index in [9.17, 15) is 0 Å². The Labute approximate surface area is 111 Å². The van der Waals surface area contributed by atoms with Crippen molar-refractivity contribution in [3.8, 4) is 6.07 Å². The molecule has 18 heavy (non-hydrogen) atoms. The maximum atomic E-state index is 8.76. The van der Waals surface area contributed by atoms with Gasteiger partial charge in [0.1, 0.15) is 12.1 Å². The predicted octanol–water partition coefficient (Wildman–Crippen LogP) is 3.07. The molecule has 2 aromatic rings. The molecule has 2 heterocycles. The highest BCUT2D eigenvalue weighted by Gasteiger charge is 2.14. The van der Waals surface area contributed by atoms with Crippen LogP contribution < -0.4 is 4.90 Å². The summed E-state index contributed by atoms with van der Waals surface area (Å²) in [6.45, 7) is 5.97. The number of thiophene rings is 1. The minimum absolute atomic E-state index is 0.517. The maximum Gasteiger partial charge on any atom is 0.150 e. The average Bonchev–Trinajstić information content (AvgIpc) is 2.82. The number of hydrogen-bond donors (Lipinski definition) is 0. The maximum absolute atomic E-state index is 8.76. The van der Waals surface area contributed by atoms with Gasteiger partial charge in [-0.2, -0.15) is 5.26 Å². The lowest BCUT2D eigenvalue weighted by molar-refractivity contribution is 0.609. The van der Waals surface area contributed by atoms with Gasteiger partial charge in [0, 0.05) is 13.1 Å². The zero-order chi connectivity index (χ0) is 13.0. The van der Waals surface area contributed by atoms with Crippen molar-refractivity contribution in [3.05, 3.63) is 17.8 Å². The summed E-state index contributed by atoms with van der Waals surface area (Å²) >= 11 is 1.65. The molecule has 0 amide bonds. The third-order valence-corrected chi connectivity index (χ3v) is 3.50. The van der Waals surface area contributed by atoms with Crippen molar-refractivity contribution in [2.24, 2.45) is 5.92 Å². The van der Waals surface area contributed by atoms with E-state index in [-0.39, 0.29) is 0 Å². The van der Waals surface area contributed by atoms with Gasteiger partial charge in [-0.05, 0) is 17.4 Å². The molecular formula is C13H16N4S. The van der Waals surface area contributed by atoms with Crippen LogP contribution in [0.15, 0.2) is 17.8 Å². The molecule has 0 N–H and O–H groups in total. The molecule has 5 heteroatoms. The van der Waals surface area contributed by atoms with Gasteiger partial charge in [0.25, 0.3) is 0 Å². The quantitative estimate of drug-likeness (QED) is 0.829. The summed E-state index contributed by atoms with van der Waals surface area (Å²) in [5.74, 6) is 1.49. The highest BCUT2D eigenvalue weighted by Crippen LogP contribution is 2.28. The largest absolute Gasteiger partial charge is 0.354 e. The van der Waals surface area contributed by atoms with Gasteiger partial charge in [0.15, 0.2) is 0 Å². The Morgan fingerprint density at radius 3 is 3.00 bits per heavy atom. The Morgan fingerprint density at radius 1 is 1.44 bits per heavy atom. The first-order chi connectivity index (χ1) is 8.72. The topological polar surface area (TPSA) is 52.8 Å². The van der Waals surface area contributed by atoms with Crippen molar-refractivity contribution >= 4 is 27.4 Å². The van der Waals surface area contributed by atoms with Crippen molar-refractivity contribution in [2.45, 2.75) is 20.3 Å². The van der Waals surface area contributed by atoms with Crippen LogP contribution in [0.25, 0.3) is 10.2 Å². The van der Waals surface area contributed by atoms with Crippen LogP contribution in [0.1, 0.15) is 20.3 Å². The normalized spacial score (nSPS) is 10.8. The average molecular weight is 260 g/mol. The van der Waals surface area contributed by atoms with Crippen LogP contribution in [0.4, 0.5) is 5.82 Å². The second-order valence-electron chi connectivity index (χ2n) is 4.58. The molecule has 2 aromatic heterocycles. The van der Waals surface area contributed by atoms with Crippen LogP contribution in [0.5, 0.6) is 0 Å². The summed E-state index contributed by atoms with van der Waals surface area (Å²) in [5, 5.41) is 10.8. The predicted molar refractivity (Wildman–Crippen MR) is 74.7 cm³/mol. The third-order valence-electron chi connectivity index (χ3n) is 2.60. The van der Waals surface area contributed by atoms with E-state index in [1.54, 1.807) is 17.7 Å². The standard InChI is InChI=1S/C13H16N4S/c1-10(2)8-17(6-3-5-14)13-12-11(4-7-18-12)15-9-16-13/h4,7,9-10H,3,6,8H2,1-2H3. The van der Waals surface area contributed by atoms with Crippen molar-refractivity contribution in [1.82, 2.24) is 9.97 Å². The molecule has 0 fully saturated rings. The van der Waals surface area contributed by atoms with Gasteiger partial charge in [-0.1, -0.05) is 13.8 Å². The molecule has 0 spiro atoms. The molecule has 0 aliphatic rings. The van der Waals surface area contributed by atoms with Crippen molar-refractivity contribution in [2.75, 3.05) is 18.0 Å². The fourth-order valence-corrected chi connectivity index (χ4v) is 2.77. The second-order valence-corrected chi connectivity index (χ2v) is 5.50. The molecule has 2 rings (SSSR count). The van der Waals surface area contributed by atoms with Gasteiger partial charge >= 0.3 is 0 Å². The first-order valence-corrected chi connectivity index (χ1v) is 6.90. The number of fused-ring (bicyclic) bond motifs is 1. The number of aromatic nitrogens is 2. The van der Waals surface area contributed by atoms with Gasteiger partial charge in [0.2, 0.25) is 0 Å². The lowest BCUT2D eigenvalue weighted by atomic mass is 10.2. The van der Waals surface area contributed by atoms with Gasteiger partial charge < -0.3 is 4.90 Å². The van der Waals surface area contributed by atoms with Gasteiger partial charge in [-0.25, -0.2) is 9.97 Å². The monoisotopic (exact) mass is 260 g/mol. The summed E-state index contributed by atoms with van der Waals surface area (Å²) in [4.78, 5) is 10.8. The molecule has 0 radical (unpaired) electrons. The highest BCUT2D eigenvalue weighted by molar-refractivity contribution is 7.17. The minimum Gasteiger partial charge on any atom is -0.354 e. The first kappa shape index (κ1) is 12.8. The van der Waals surface area contributed by atoms with E-state index in [4.69, 9.17) is 5.26 Å². The van der Waals surface area contributed by atoms with E-state index < -0.39 is 0 Å². The lowest BCUT2D eigenvalue weighted by Gasteiger charge is -2.24. The summed E-state index contributed by atoms with van der Waals surface area (Å²) in [6, 6.07) is 4.20. The molecule has 0 aromatic carbocycles. The molecular weight excluding hydrogens is 244 g/mol. The fourth-order valence-electron chi connectivity index (χ4n) is 1.91. The van der Waals surface area contributed by atoms with Gasteiger partial charge in [-0.15, -0.1) is 11.3 Å². The third kappa shape index (κ3) is 2.77. The zero-order valence-electron chi connectivity index (χ0n) is 10.6. The van der Waals surface area contributed by atoms with E-state index in [1.807, 2.05) is 11.4 Å². The Bertz CT molecular complexity index is 555. The summed E-state index contributed by atoms with van der Waals surface area (Å²) in [7, 11) is 0. The number of nitriles is 1. The zero-order valence-corrected chi connectivity index (χ0v) is 11.4. The van der Waals surface area contributed by atoms with Crippen molar-refractivity contribution in [3.63, 3.8) is 0 Å².